The second kappa shape index (κ2) is 6.03. The van der Waals surface area contributed by atoms with E-state index in [-0.39, 0.29) is 5.69 Å². The number of nitro groups is 1. The van der Waals surface area contributed by atoms with Crippen LogP contribution in [0.4, 0.5) is 5.69 Å². The maximum absolute atomic E-state index is 10.6. The highest BCUT2D eigenvalue weighted by molar-refractivity contribution is 6.31. The minimum absolute atomic E-state index is 0.0385. The molecule has 0 heterocycles. The van der Waals surface area contributed by atoms with E-state index in [1.807, 2.05) is 13.0 Å². The molecule has 0 amide bonds. The first-order chi connectivity index (χ1) is 9.47. The van der Waals surface area contributed by atoms with E-state index < -0.39 is 11.0 Å². The zero-order valence-electron chi connectivity index (χ0n) is 10.9. The van der Waals surface area contributed by atoms with Crippen LogP contribution in [0, 0.1) is 17.0 Å². The van der Waals surface area contributed by atoms with Crippen molar-refractivity contribution < 1.29 is 10.0 Å². The Bertz CT molecular complexity index is 626. The van der Waals surface area contributed by atoms with Crippen molar-refractivity contribution in [1.82, 2.24) is 0 Å². The van der Waals surface area contributed by atoms with Gasteiger partial charge in [0, 0.05) is 23.6 Å². The van der Waals surface area contributed by atoms with Crippen molar-refractivity contribution in [2.45, 2.75) is 19.4 Å². The molecule has 2 rings (SSSR count). The molecule has 0 aliphatic heterocycles. The molecule has 0 saturated carbocycles. The molecule has 20 heavy (non-hydrogen) atoms. The molecule has 1 N–H and O–H groups in total. The molecule has 0 spiro atoms. The first kappa shape index (κ1) is 14.5. The van der Waals surface area contributed by atoms with Gasteiger partial charge >= 0.3 is 0 Å². The quantitative estimate of drug-likeness (QED) is 0.688. The summed E-state index contributed by atoms with van der Waals surface area (Å²) in [7, 11) is 0. The van der Waals surface area contributed by atoms with Crippen LogP contribution in [0.1, 0.15) is 22.8 Å². The van der Waals surface area contributed by atoms with Gasteiger partial charge in [-0.1, -0.05) is 35.9 Å². The molecule has 0 aromatic heterocycles. The first-order valence-corrected chi connectivity index (χ1v) is 6.52. The fourth-order valence-electron chi connectivity index (χ4n) is 1.99. The number of non-ortho nitro benzene ring substituents is 1. The summed E-state index contributed by atoms with van der Waals surface area (Å²) in [5.41, 5.74) is 2.55. The summed E-state index contributed by atoms with van der Waals surface area (Å²) in [4.78, 5) is 10.1. The third-order valence-corrected chi connectivity index (χ3v) is 3.42. The van der Waals surface area contributed by atoms with Gasteiger partial charge < -0.3 is 5.11 Å². The van der Waals surface area contributed by atoms with Crippen molar-refractivity contribution in [3.8, 4) is 0 Å². The van der Waals surface area contributed by atoms with Gasteiger partial charge in [0.1, 0.15) is 0 Å². The Morgan fingerprint density at radius 1 is 1.25 bits per heavy atom. The van der Waals surface area contributed by atoms with Crippen LogP contribution in [0.3, 0.4) is 0 Å². The fourth-order valence-corrected chi connectivity index (χ4v) is 2.35. The van der Waals surface area contributed by atoms with Gasteiger partial charge in [0.05, 0.1) is 11.0 Å². The molecule has 5 heteroatoms. The predicted octanol–water partition coefficient (Wildman–Crippen LogP) is 3.83. The Hall–Kier alpha value is -1.91. The van der Waals surface area contributed by atoms with E-state index in [4.69, 9.17) is 11.6 Å². The van der Waals surface area contributed by atoms with E-state index in [0.717, 1.165) is 11.1 Å². The smallest absolute Gasteiger partial charge is 0.269 e. The average molecular weight is 292 g/mol. The maximum Gasteiger partial charge on any atom is 0.269 e. The van der Waals surface area contributed by atoms with Crippen LogP contribution in [0.5, 0.6) is 0 Å². The lowest BCUT2D eigenvalue weighted by Gasteiger charge is -2.13. The van der Waals surface area contributed by atoms with E-state index in [1.54, 1.807) is 24.3 Å². The lowest BCUT2D eigenvalue weighted by molar-refractivity contribution is -0.384. The molecule has 0 radical (unpaired) electrons. The second-order valence-corrected chi connectivity index (χ2v) is 5.08. The van der Waals surface area contributed by atoms with Gasteiger partial charge in [-0.3, -0.25) is 10.1 Å². The van der Waals surface area contributed by atoms with Gasteiger partial charge in [0.15, 0.2) is 0 Å². The Labute approximate surface area is 121 Å². The van der Waals surface area contributed by atoms with Crippen molar-refractivity contribution >= 4 is 17.3 Å². The van der Waals surface area contributed by atoms with Crippen LogP contribution in [-0.2, 0) is 6.42 Å². The van der Waals surface area contributed by atoms with Crippen molar-refractivity contribution in [3.05, 3.63) is 74.3 Å². The van der Waals surface area contributed by atoms with Crippen LogP contribution in [0.15, 0.2) is 42.5 Å². The van der Waals surface area contributed by atoms with Crippen molar-refractivity contribution in [2.75, 3.05) is 0 Å². The number of benzene rings is 2. The number of nitro benzene ring substituents is 1. The number of nitrogens with zero attached hydrogens (tertiary/aromatic N) is 1. The SMILES string of the molecule is Cc1ccc(C(O)Cc2ccc([N+](=O)[O-])cc2)c(Cl)c1. The molecule has 4 nitrogen and oxygen atoms in total. The number of halogens is 1. The van der Waals surface area contributed by atoms with Gasteiger partial charge in [-0.25, -0.2) is 0 Å². The van der Waals surface area contributed by atoms with Crippen molar-refractivity contribution in [3.63, 3.8) is 0 Å². The Balaban J connectivity index is 2.14. The van der Waals surface area contributed by atoms with Crippen molar-refractivity contribution in [1.29, 1.82) is 0 Å². The number of aryl methyl sites for hydroxylation is 1. The van der Waals surface area contributed by atoms with E-state index in [9.17, 15) is 15.2 Å². The van der Waals surface area contributed by atoms with E-state index >= 15 is 0 Å². The molecular weight excluding hydrogens is 278 g/mol. The monoisotopic (exact) mass is 291 g/mol. The predicted molar refractivity (Wildman–Crippen MR) is 77.9 cm³/mol. The van der Waals surface area contributed by atoms with Crippen molar-refractivity contribution in [2.24, 2.45) is 0 Å². The summed E-state index contributed by atoms with van der Waals surface area (Å²) >= 11 is 6.11. The van der Waals surface area contributed by atoms with Crippen LogP contribution in [0.25, 0.3) is 0 Å². The van der Waals surface area contributed by atoms with E-state index in [0.29, 0.717) is 17.0 Å². The number of aliphatic hydroxyl groups is 1. The normalized spacial score (nSPS) is 12.2. The molecule has 1 unspecified atom stereocenters. The zero-order chi connectivity index (χ0) is 14.7. The minimum Gasteiger partial charge on any atom is -0.388 e. The summed E-state index contributed by atoms with van der Waals surface area (Å²) in [5.74, 6) is 0. The van der Waals surface area contributed by atoms with Crippen LogP contribution in [-0.4, -0.2) is 10.0 Å². The largest absolute Gasteiger partial charge is 0.388 e. The Morgan fingerprint density at radius 2 is 1.90 bits per heavy atom. The summed E-state index contributed by atoms with van der Waals surface area (Å²) < 4.78 is 0. The highest BCUT2D eigenvalue weighted by Crippen LogP contribution is 2.27. The number of hydrogen-bond donors (Lipinski definition) is 1. The third-order valence-electron chi connectivity index (χ3n) is 3.09. The molecule has 2 aromatic carbocycles. The molecule has 0 fully saturated rings. The van der Waals surface area contributed by atoms with Gasteiger partial charge in [-0.2, -0.15) is 0 Å². The number of aliphatic hydroxyl groups excluding tert-OH is 1. The molecule has 0 aliphatic rings. The molecule has 0 saturated heterocycles. The highest BCUT2D eigenvalue weighted by atomic mass is 35.5. The fraction of sp³-hybridized carbons (Fsp3) is 0.200. The maximum atomic E-state index is 10.6. The van der Waals surface area contributed by atoms with E-state index in [1.165, 1.54) is 12.1 Å². The van der Waals surface area contributed by atoms with Gasteiger partial charge in [-0.05, 0) is 29.7 Å². The number of hydrogen-bond acceptors (Lipinski definition) is 3. The molecular formula is C15H14ClNO3. The Morgan fingerprint density at radius 3 is 2.45 bits per heavy atom. The molecule has 1 atom stereocenters. The van der Waals surface area contributed by atoms with Crippen LogP contribution in [0.2, 0.25) is 5.02 Å². The number of rotatable bonds is 4. The van der Waals surface area contributed by atoms with Gasteiger partial charge in [0.2, 0.25) is 0 Å². The summed E-state index contributed by atoms with van der Waals surface area (Å²) in [6.07, 6.45) is -0.370. The average Bonchev–Trinajstić information content (AvgIpc) is 2.39. The standard InChI is InChI=1S/C15H14ClNO3/c1-10-2-7-13(14(16)8-10)15(18)9-11-3-5-12(6-4-11)17(19)20/h2-8,15,18H,9H2,1H3. The summed E-state index contributed by atoms with van der Waals surface area (Å²) in [6.45, 7) is 1.93. The summed E-state index contributed by atoms with van der Waals surface area (Å²) in [6, 6.07) is 11.6. The van der Waals surface area contributed by atoms with Gasteiger partial charge in [-0.15, -0.1) is 0 Å². The van der Waals surface area contributed by atoms with E-state index in [2.05, 4.69) is 0 Å². The molecule has 104 valence electrons. The third kappa shape index (κ3) is 3.35. The second-order valence-electron chi connectivity index (χ2n) is 4.67. The Kier molecular flexibility index (Phi) is 4.37. The molecule has 2 aromatic rings. The molecule has 0 aliphatic carbocycles. The lowest BCUT2D eigenvalue weighted by atomic mass is 10.0. The van der Waals surface area contributed by atoms with Gasteiger partial charge in [0.25, 0.3) is 5.69 Å². The summed E-state index contributed by atoms with van der Waals surface area (Å²) in [5, 5.41) is 21.3. The zero-order valence-corrected chi connectivity index (χ0v) is 11.7. The minimum atomic E-state index is -0.732. The molecule has 0 bridgehead atoms. The topological polar surface area (TPSA) is 63.4 Å². The van der Waals surface area contributed by atoms with Crippen LogP contribution >= 0.6 is 11.6 Å². The first-order valence-electron chi connectivity index (χ1n) is 6.15. The lowest BCUT2D eigenvalue weighted by Crippen LogP contribution is -2.03. The highest BCUT2D eigenvalue weighted by Gasteiger charge is 2.13. The van der Waals surface area contributed by atoms with Crippen LogP contribution < -0.4 is 0 Å².